The van der Waals surface area contributed by atoms with Gasteiger partial charge in [0.1, 0.15) is 30.6 Å². The zero-order valence-electron chi connectivity index (χ0n) is 22.3. The van der Waals surface area contributed by atoms with Gasteiger partial charge in [0.05, 0.1) is 22.8 Å². The van der Waals surface area contributed by atoms with E-state index in [1.807, 2.05) is 24.3 Å². The monoisotopic (exact) mass is 580 g/mol. The van der Waals surface area contributed by atoms with E-state index in [1.165, 1.54) is 18.6 Å². The molecule has 4 heterocycles. The molecule has 7 rings (SSSR count). The van der Waals surface area contributed by atoms with Gasteiger partial charge in [0.2, 0.25) is 0 Å². The molecule has 1 aliphatic heterocycles. The van der Waals surface area contributed by atoms with Crippen LogP contribution in [-0.2, 0) is 6.54 Å². The summed E-state index contributed by atoms with van der Waals surface area (Å²) >= 11 is 0. The molecule has 2 fully saturated rings. The van der Waals surface area contributed by atoms with E-state index >= 15 is 0 Å². The number of nitrogens with zero attached hydrogens (tertiary/aromatic N) is 7. The molecule has 0 spiro atoms. The van der Waals surface area contributed by atoms with Crippen molar-refractivity contribution < 1.29 is 17.6 Å². The fourth-order valence-corrected chi connectivity index (χ4v) is 5.62. The van der Waals surface area contributed by atoms with Crippen LogP contribution in [0.3, 0.4) is 0 Å². The molecular weight excluding hydrogens is 552 g/mol. The maximum atomic E-state index is 14.8. The molecule has 0 saturated heterocycles. The molecule has 0 radical (unpaired) electrons. The van der Waals surface area contributed by atoms with Gasteiger partial charge in [-0.3, -0.25) is 5.73 Å². The van der Waals surface area contributed by atoms with Crippen LogP contribution in [0.25, 0.3) is 16.9 Å². The third-order valence-corrected chi connectivity index (χ3v) is 8.14. The Hall–Kier alpha value is -4.14. The van der Waals surface area contributed by atoms with Crippen LogP contribution < -0.4 is 21.7 Å². The van der Waals surface area contributed by atoms with Gasteiger partial charge < -0.3 is 16.0 Å². The standard InChI is InChI=1S/C28H28F4N10/c29-20-11-17(12-36-25(20)38-18-4-5-18)21-6-7-22-23(39-21)24(33)42(27(8-9-27)28(30,31)32)26(34)40(22)13-16-2-1-3-19(10-16)41-15-35-14-37-41/h1-3,6-7,10-12,14-15,18,24,26H,4-5,8-9,13,33-34H2,(H,36,38). The Morgan fingerprint density at radius 3 is 2.55 bits per heavy atom. The molecule has 2 saturated carbocycles. The van der Waals surface area contributed by atoms with Crippen molar-refractivity contribution in [1.82, 2.24) is 29.6 Å². The number of rotatable bonds is 7. The first-order chi connectivity index (χ1) is 20.1. The molecule has 0 bridgehead atoms. The van der Waals surface area contributed by atoms with Crippen LogP contribution in [-0.4, -0.2) is 53.7 Å². The molecule has 2 atom stereocenters. The largest absolute Gasteiger partial charge is 0.406 e. The van der Waals surface area contributed by atoms with E-state index in [-0.39, 0.29) is 36.9 Å². The summed E-state index contributed by atoms with van der Waals surface area (Å²) in [5.41, 5.74) is 14.0. The highest BCUT2D eigenvalue weighted by Crippen LogP contribution is 2.57. The van der Waals surface area contributed by atoms with Crippen LogP contribution in [0.5, 0.6) is 0 Å². The van der Waals surface area contributed by atoms with Gasteiger partial charge in [-0.1, -0.05) is 12.1 Å². The number of hydrogen-bond acceptors (Lipinski definition) is 9. The van der Waals surface area contributed by atoms with Crippen LogP contribution in [0.1, 0.15) is 43.1 Å². The van der Waals surface area contributed by atoms with Crippen LogP contribution in [0, 0.1) is 5.82 Å². The van der Waals surface area contributed by atoms with Gasteiger partial charge in [-0.25, -0.2) is 28.9 Å². The third-order valence-electron chi connectivity index (χ3n) is 8.14. The molecule has 2 unspecified atom stereocenters. The number of nitrogens with two attached hydrogens (primary N) is 2. The van der Waals surface area contributed by atoms with E-state index in [1.54, 1.807) is 28.0 Å². The lowest BCUT2D eigenvalue weighted by atomic mass is 10.0. The second-order valence-corrected chi connectivity index (χ2v) is 11.0. The highest BCUT2D eigenvalue weighted by molar-refractivity contribution is 5.66. The van der Waals surface area contributed by atoms with Gasteiger partial charge in [-0.05, 0) is 61.6 Å². The van der Waals surface area contributed by atoms with Crippen molar-refractivity contribution in [1.29, 1.82) is 0 Å². The number of benzene rings is 1. The fraction of sp³-hybridized carbons (Fsp3) is 0.357. The quantitative estimate of drug-likeness (QED) is 0.278. The molecule has 3 aromatic heterocycles. The van der Waals surface area contributed by atoms with Crippen molar-refractivity contribution in [2.45, 2.75) is 62.4 Å². The number of halogens is 4. The van der Waals surface area contributed by atoms with Crippen LogP contribution in [0.2, 0.25) is 0 Å². The summed E-state index contributed by atoms with van der Waals surface area (Å²) in [6, 6.07) is 12.3. The number of anilines is 2. The van der Waals surface area contributed by atoms with Gasteiger partial charge in [-0.15, -0.1) is 0 Å². The van der Waals surface area contributed by atoms with Crippen molar-refractivity contribution in [3.05, 3.63) is 78.4 Å². The van der Waals surface area contributed by atoms with Gasteiger partial charge >= 0.3 is 6.18 Å². The van der Waals surface area contributed by atoms with Crippen molar-refractivity contribution >= 4 is 11.5 Å². The lowest BCUT2D eigenvalue weighted by Crippen LogP contribution is -2.67. The molecule has 5 N–H and O–H groups in total. The number of hydrogen-bond donors (Lipinski definition) is 3. The predicted molar refractivity (Wildman–Crippen MR) is 146 cm³/mol. The Morgan fingerprint density at radius 1 is 1.07 bits per heavy atom. The van der Waals surface area contributed by atoms with E-state index in [2.05, 4.69) is 25.4 Å². The van der Waals surface area contributed by atoms with Gasteiger partial charge in [-0.2, -0.15) is 18.3 Å². The Morgan fingerprint density at radius 2 is 1.88 bits per heavy atom. The Labute approximate surface area is 238 Å². The summed E-state index contributed by atoms with van der Waals surface area (Å²) in [4.78, 5) is 15.7. The Balaban J connectivity index is 1.28. The van der Waals surface area contributed by atoms with E-state index in [0.29, 0.717) is 16.9 Å². The lowest BCUT2D eigenvalue weighted by Gasteiger charge is -2.50. The number of alkyl halides is 3. The Kier molecular flexibility index (Phi) is 6.18. The molecule has 42 heavy (non-hydrogen) atoms. The second kappa shape index (κ2) is 9.71. The number of nitrogens with one attached hydrogen (secondary N) is 1. The molecule has 2 aliphatic carbocycles. The van der Waals surface area contributed by atoms with Crippen molar-refractivity contribution in [3.8, 4) is 16.9 Å². The van der Waals surface area contributed by atoms with Gasteiger partial charge in [0.25, 0.3) is 0 Å². The average molecular weight is 581 g/mol. The van der Waals surface area contributed by atoms with Crippen LogP contribution >= 0.6 is 0 Å². The minimum atomic E-state index is -4.55. The fourth-order valence-electron chi connectivity index (χ4n) is 5.62. The molecule has 14 heteroatoms. The highest BCUT2D eigenvalue weighted by atomic mass is 19.4. The van der Waals surface area contributed by atoms with Gasteiger partial charge in [0, 0.05) is 24.3 Å². The predicted octanol–water partition coefficient (Wildman–Crippen LogP) is 4.05. The van der Waals surface area contributed by atoms with Crippen LogP contribution in [0.4, 0.5) is 29.1 Å². The maximum Gasteiger partial charge on any atom is 0.406 e. The lowest BCUT2D eigenvalue weighted by molar-refractivity contribution is -0.211. The van der Waals surface area contributed by atoms with E-state index in [9.17, 15) is 17.6 Å². The summed E-state index contributed by atoms with van der Waals surface area (Å²) in [6.07, 6.45) is -0.828. The zero-order chi connectivity index (χ0) is 29.2. The van der Waals surface area contributed by atoms with Crippen molar-refractivity contribution in [2.24, 2.45) is 11.5 Å². The number of fused-ring (bicyclic) bond motifs is 1. The van der Waals surface area contributed by atoms with E-state index < -0.39 is 30.0 Å². The topological polar surface area (TPSA) is 127 Å². The summed E-state index contributed by atoms with van der Waals surface area (Å²) in [5.74, 6) is -0.372. The van der Waals surface area contributed by atoms with Gasteiger partial charge in [0.15, 0.2) is 11.6 Å². The summed E-state index contributed by atoms with van der Waals surface area (Å²) in [6.45, 7) is 0.173. The average Bonchev–Trinajstić information content (AvgIpc) is 3.90. The minimum Gasteiger partial charge on any atom is -0.365 e. The number of pyridine rings is 2. The SMILES string of the molecule is NC1c2nc(-c3cnc(NC4CC4)c(F)c3)ccc2N(Cc2cccc(-n3cncn3)c2)C(N)N1C1(C(F)(F)F)CC1. The van der Waals surface area contributed by atoms with Crippen LogP contribution in [0.15, 0.2) is 61.3 Å². The first kappa shape index (κ1) is 26.7. The smallest absolute Gasteiger partial charge is 0.365 e. The molecule has 4 aromatic rings. The summed E-state index contributed by atoms with van der Waals surface area (Å²) < 4.78 is 59.7. The third kappa shape index (κ3) is 4.55. The van der Waals surface area contributed by atoms with E-state index in [0.717, 1.165) is 29.0 Å². The van der Waals surface area contributed by atoms with E-state index in [4.69, 9.17) is 11.5 Å². The van der Waals surface area contributed by atoms with Crippen molar-refractivity contribution in [2.75, 3.05) is 10.2 Å². The Bertz CT molecular complexity index is 1620. The molecule has 10 nitrogen and oxygen atoms in total. The first-order valence-electron chi connectivity index (χ1n) is 13.6. The zero-order valence-corrected chi connectivity index (χ0v) is 22.3. The van der Waals surface area contributed by atoms with Crippen molar-refractivity contribution in [3.63, 3.8) is 0 Å². The summed E-state index contributed by atoms with van der Waals surface area (Å²) in [7, 11) is 0. The maximum absolute atomic E-state index is 14.8. The molecular formula is C28H28F4N10. The molecule has 3 aliphatic rings. The molecule has 218 valence electrons. The normalized spacial score (nSPS) is 21.7. The minimum absolute atomic E-state index is 0.118. The number of aromatic nitrogens is 5. The first-order valence-corrected chi connectivity index (χ1v) is 13.6. The highest BCUT2D eigenvalue weighted by Gasteiger charge is 2.70. The second-order valence-electron chi connectivity index (χ2n) is 11.0. The summed E-state index contributed by atoms with van der Waals surface area (Å²) in [5, 5.41) is 7.19. The molecule has 0 amide bonds. The molecule has 1 aromatic carbocycles.